The number of carbonyl (C=O) groups is 1. The molecule has 2 saturated heterocycles. The zero-order valence-corrected chi connectivity index (χ0v) is 16.7. The molecule has 152 valence electrons. The molecule has 1 aromatic carbocycles. The number of likely N-dealkylation sites (N-methyl/N-ethyl adjacent to an activating group) is 1. The first-order chi connectivity index (χ1) is 13.7. The number of amides is 1. The van der Waals surface area contributed by atoms with Gasteiger partial charge in [-0.05, 0) is 51.4 Å². The summed E-state index contributed by atoms with van der Waals surface area (Å²) in [6, 6.07) is 9.21. The summed E-state index contributed by atoms with van der Waals surface area (Å²) in [4.78, 5) is 21.9. The second-order valence-corrected chi connectivity index (χ2v) is 7.91. The summed E-state index contributed by atoms with van der Waals surface area (Å²) in [7, 11) is 1.90. The van der Waals surface area contributed by atoms with Gasteiger partial charge in [-0.2, -0.15) is 4.98 Å². The van der Waals surface area contributed by atoms with Gasteiger partial charge >= 0.3 is 0 Å². The van der Waals surface area contributed by atoms with E-state index < -0.39 is 0 Å². The lowest BCUT2D eigenvalue weighted by molar-refractivity contribution is -0.127. The van der Waals surface area contributed by atoms with Crippen molar-refractivity contribution >= 4 is 23.0 Å². The van der Waals surface area contributed by atoms with Gasteiger partial charge in [0.1, 0.15) is 5.52 Å². The number of piperidine rings is 2. The number of oxazole rings is 1. The van der Waals surface area contributed by atoms with E-state index in [0.29, 0.717) is 12.6 Å². The molecule has 0 bridgehead atoms. The molecule has 28 heavy (non-hydrogen) atoms. The molecule has 2 aliphatic heterocycles. The van der Waals surface area contributed by atoms with Crippen molar-refractivity contribution in [3.8, 4) is 0 Å². The number of para-hydroxylation sites is 2. The number of anilines is 1. The molecular weight excluding hydrogens is 354 g/mol. The second-order valence-electron chi connectivity index (χ2n) is 7.91. The Morgan fingerprint density at radius 3 is 2.79 bits per heavy atom. The molecule has 3 heterocycles. The van der Waals surface area contributed by atoms with E-state index in [-0.39, 0.29) is 11.8 Å². The van der Waals surface area contributed by atoms with Crippen molar-refractivity contribution in [2.75, 3.05) is 51.2 Å². The number of likely N-dealkylation sites (tertiary alicyclic amines) is 1. The fourth-order valence-electron chi connectivity index (χ4n) is 4.42. The number of hydrogen-bond acceptors (Lipinski definition) is 6. The van der Waals surface area contributed by atoms with Crippen molar-refractivity contribution in [2.45, 2.75) is 31.7 Å². The predicted octanol–water partition coefficient (Wildman–Crippen LogP) is 1.84. The first-order valence-electron chi connectivity index (χ1n) is 10.5. The third kappa shape index (κ3) is 4.31. The SMILES string of the molecule is CNCCNC(=O)C1CCCN(C2CCN(c3nc4ccccc4o3)CC2)C1. The molecule has 0 radical (unpaired) electrons. The lowest BCUT2D eigenvalue weighted by Gasteiger charge is -2.41. The molecule has 0 spiro atoms. The van der Waals surface area contributed by atoms with Crippen LogP contribution in [0.4, 0.5) is 6.01 Å². The van der Waals surface area contributed by atoms with Crippen LogP contribution in [0.3, 0.4) is 0 Å². The summed E-state index contributed by atoms with van der Waals surface area (Å²) in [6.45, 7) is 5.41. The topological polar surface area (TPSA) is 73.6 Å². The van der Waals surface area contributed by atoms with Crippen LogP contribution < -0.4 is 15.5 Å². The Morgan fingerprint density at radius 1 is 1.18 bits per heavy atom. The molecule has 0 aliphatic carbocycles. The van der Waals surface area contributed by atoms with E-state index in [2.05, 4.69) is 25.4 Å². The molecule has 2 aromatic rings. The van der Waals surface area contributed by atoms with Crippen LogP contribution in [0.5, 0.6) is 0 Å². The van der Waals surface area contributed by atoms with Crippen LogP contribution >= 0.6 is 0 Å². The predicted molar refractivity (Wildman–Crippen MR) is 110 cm³/mol. The van der Waals surface area contributed by atoms with Gasteiger partial charge in [0.15, 0.2) is 5.58 Å². The zero-order valence-electron chi connectivity index (χ0n) is 16.7. The summed E-state index contributed by atoms with van der Waals surface area (Å²) in [6.07, 6.45) is 4.29. The van der Waals surface area contributed by atoms with E-state index in [0.717, 1.165) is 75.5 Å². The van der Waals surface area contributed by atoms with E-state index in [1.807, 2.05) is 31.3 Å². The highest BCUT2D eigenvalue weighted by atomic mass is 16.4. The third-order valence-electron chi connectivity index (χ3n) is 6.03. The molecule has 2 fully saturated rings. The van der Waals surface area contributed by atoms with E-state index in [1.165, 1.54) is 0 Å². The van der Waals surface area contributed by atoms with E-state index in [1.54, 1.807) is 0 Å². The lowest BCUT2D eigenvalue weighted by Crippen LogP contribution is -2.51. The van der Waals surface area contributed by atoms with Gasteiger partial charge in [0.25, 0.3) is 6.01 Å². The number of aromatic nitrogens is 1. The maximum atomic E-state index is 12.4. The molecule has 1 unspecified atom stereocenters. The van der Waals surface area contributed by atoms with Gasteiger partial charge in [0.05, 0.1) is 5.92 Å². The summed E-state index contributed by atoms with van der Waals surface area (Å²) < 4.78 is 5.93. The molecule has 1 atom stereocenters. The molecule has 1 amide bonds. The molecule has 7 nitrogen and oxygen atoms in total. The number of nitrogens with zero attached hydrogens (tertiary/aromatic N) is 3. The van der Waals surface area contributed by atoms with Crippen molar-refractivity contribution < 1.29 is 9.21 Å². The maximum Gasteiger partial charge on any atom is 0.298 e. The first kappa shape index (κ1) is 19.2. The Balaban J connectivity index is 1.30. The Bertz CT molecular complexity index is 751. The zero-order chi connectivity index (χ0) is 19.3. The third-order valence-corrected chi connectivity index (χ3v) is 6.03. The molecular formula is C21H31N5O2. The van der Waals surface area contributed by atoms with Crippen LogP contribution in [0.1, 0.15) is 25.7 Å². The highest BCUT2D eigenvalue weighted by Gasteiger charge is 2.32. The average molecular weight is 386 g/mol. The highest BCUT2D eigenvalue weighted by Crippen LogP contribution is 2.28. The fourth-order valence-corrected chi connectivity index (χ4v) is 4.42. The molecule has 4 rings (SSSR count). The number of benzene rings is 1. The van der Waals surface area contributed by atoms with Crippen molar-refractivity contribution in [1.82, 2.24) is 20.5 Å². The Kier molecular flexibility index (Phi) is 6.12. The second kappa shape index (κ2) is 8.92. The minimum atomic E-state index is 0.126. The molecule has 2 aliphatic rings. The normalized spacial score (nSPS) is 21.9. The van der Waals surface area contributed by atoms with Gasteiger partial charge in [-0.1, -0.05) is 12.1 Å². The van der Waals surface area contributed by atoms with Crippen molar-refractivity contribution in [3.05, 3.63) is 24.3 Å². The van der Waals surface area contributed by atoms with E-state index in [4.69, 9.17) is 4.42 Å². The summed E-state index contributed by atoms with van der Waals surface area (Å²) in [5.41, 5.74) is 1.77. The fraction of sp³-hybridized carbons (Fsp3) is 0.619. The van der Waals surface area contributed by atoms with Crippen molar-refractivity contribution in [3.63, 3.8) is 0 Å². The Hall–Kier alpha value is -2.12. The van der Waals surface area contributed by atoms with Crippen LogP contribution in [-0.4, -0.2) is 68.1 Å². The monoisotopic (exact) mass is 385 g/mol. The number of hydrogen-bond donors (Lipinski definition) is 2. The van der Waals surface area contributed by atoms with Crippen LogP contribution in [0, 0.1) is 5.92 Å². The quantitative estimate of drug-likeness (QED) is 0.740. The number of nitrogens with one attached hydrogen (secondary N) is 2. The van der Waals surface area contributed by atoms with Crippen LogP contribution in [0.2, 0.25) is 0 Å². The average Bonchev–Trinajstić information content (AvgIpc) is 3.18. The van der Waals surface area contributed by atoms with Gasteiger partial charge in [0.2, 0.25) is 5.91 Å². The number of rotatable bonds is 6. The van der Waals surface area contributed by atoms with Crippen LogP contribution in [-0.2, 0) is 4.79 Å². The maximum absolute atomic E-state index is 12.4. The van der Waals surface area contributed by atoms with Crippen molar-refractivity contribution in [1.29, 1.82) is 0 Å². The number of fused-ring (bicyclic) bond motifs is 1. The van der Waals surface area contributed by atoms with Gasteiger partial charge in [-0.3, -0.25) is 9.69 Å². The standard InChI is InChI=1S/C21H31N5O2/c1-22-10-11-23-20(27)16-5-4-12-26(15-16)17-8-13-25(14-9-17)21-24-18-6-2-3-7-19(18)28-21/h2-3,6-7,16-17,22H,4-5,8-15H2,1H3,(H,23,27). The molecule has 0 saturated carbocycles. The Morgan fingerprint density at radius 2 is 2.00 bits per heavy atom. The van der Waals surface area contributed by atoms with Gasteiger partial charge in [-0.15, -0.1) is 0 Å². The van der Waals surface area contributed by atoms with E-state index >= 15 is 0 Å². The summed E-state index contributed by atoms with van der Waals surface area (Å²) in [5, 5.41) is 6.13. The smallest absolute Gasteiger partial charge is 0.298 e. The van der Waals surface area contributed by atoms with Crippen molar-refractivity contribution in [2.24, 2.45) is 5.92 Å². The number of carbonyl (C=O) groups excluding carboxylic acids is 1. The summed E-state index contributed by atoms with van der Waals surface area (Å²) >= 11 is 0. The van der Waals surface area contributed by atoms with E-state index in [9.17, 15) is 4.79 Å². The van der Waals surface area contributed by atoms with Gasteiger partial charge in [0, 0.05) is 38.8 Å². The van der Waals surface area contributed by atoms with Crippen LogP contribution in [0.15, 0.2) is 28.7 Å². The van der Waals surface area contributed by atoms with Gasteiger partial charge < -0.3 is 20.0 Å². The lowest BCUT2D eigenvalue weighted by atomic mass is 9.93. The molecule has 7 heteroatoms. The first-order valence-corrected chi connectivity index (χ1v) is 10.5. The minimum Gasteiger partial charge on any atom is -0.423 e. The largest absolute Gasteiger partial charge is 0.423 e. The molecule has 2 N–H and O–H groups in total. The highest BCUT2D eigenvalue weighted by molar-refractivity contribution is 5.79. The minimum absolute atomic E-state index is 0.126. The molecule has 1 aromatic heterocycles. The van der Waals surface area contributed by atoms with Crippen LogP contribution in [0.25, 0.3) is 11.1 Å². The summed E-state index contributed by atoms with van der Waals surface area (Å²) in [5.74, 6) is 0.338. The van der Waals surface area contributed by atoms with Gasteiger partial charge in [-0.25, -0.2) is 0 Å². The Labute approximate surface area is 166 Å².